The lowest BCUT2D eigenvalue weighted by molar-refractivity contribution is 0.188. The molecule has 0 aliphatic carbocycles. The van der Waals surface area contributed by atoms with Crippen LogP contribution in [-0.2, 0) is 10.0 Å². The van der Waals surface area contributed by atoms with Crippen molar-refractivity contribution >= 4 is 37.3 Å². The van der Waals surface area contributed by atoms with Crippen molar-refractivity contribution in [3.8, 4) is 0 Å². The molecule has 1 aromatic rings. The molecule has 0 aromatic carbocycles. The van der Waals surface area contributed by atoms with Crippen molar-refractivity contribution in [2.75, 3.05) is 27.2 Å². The lowest BCUT2D eigenvalue weighted by Crippen LogP contribution is -2.41. The van der Waals surface area contributed by atoms with Gasteiger partial charge in [0.1, 0.15) is 4.21 Å². The Hall–Kier alpha value is 0.01000. The standard InChI is InChI=1S/C11H17BrN2O3S2/c1-13(2)6-8-5-9(15)7-14(8)19(16,17)11-4-3-10(12)18-11/h3-4,8-9,15H,5-7H2,1-2H3. The van der Waals surface area contributed by atoms with Crippen LogP contribution in [0.15, 0.2) is 20.1 Å². The summed E-state index contributed by atoms with van der Waals surface area (Å²) in [5.41, 5.74) is 0. The van der Waals surface area contributed by atoms with Crippen LogP contribution in [0.1, 0.15) is 6.42 Å². The van der Waals surface area contributed by atoms with Crippen LogP contribution in [0.3, 0.4) is 0 Å². The van der Waals surface area contributed by atoms with E-state index in [1.807, 2.05) is 19.0 Å². The van der Waals surface area contributed by atoms with Gasteiger partial charge in [-0.2, -0.15) is 4.31 Å². The summed E-state index contributed by atoms with van der Waals surface area (Å²) in [7, 11) is 0.290. The van der Waals surface area contributed by atoms with Gasteiger partial charge < -0.3 is 10.0 Å². The number of aliphatic hydroxyl groups is 1. The van der Waals surface area contributed by atoms with Gasteiger partial charge in [-0.15, -0.1) is 11.3 Å². The molecule has 2 heterocycles. The Morgan fingerprint density at radius 1 is 1.53 bits per heavy atom. The highest BCUT2D eigenvalue weighted by Gasteiger charge is 2.40. The van der Waals surface area contributed by atoms with Gasteiger partial charge in [-0.25, -0.2) is 8.42 Å². The van der Waals surface area contributed by atoms with Gasteiger partial charge in [0, 0.05) is 19.1 Å². The molecular weight excluding hydrogens is 352 g/mol. The number of sulfonamides is 1. The molecule has 1 aliphatic heterocycles. The number of nitrogens with zero attached hydrogens (tertiary/aromatic N) is 2. The monoisotopic (exact) mass is 368 g/mol. The van der Waals surface area contributed by atoms with Gasteiger partial charge in [0.15, 0.2) is 0 Å². The Bertz CT molecular complexity index is 544. The first-order chi connectivity index (χ1) is 8.80. The van der Waals surface area contributed by atoms with Crippen molar-refractivity contribution < 1.29 is 13.5 Å². The molecule has 8 heteroatoms. The minimum atomic E-state index is -3.51. The normalized spacial score (nSPS) is 25.3. The summed E-state index contributed by atoms with van der Waals surface area (Å²) < 4.78 is 27.7. The molecule has 2 unspecified atom stereocenters. The minimum Gasteiger partial charge on any atom is -0.392 e. The van der Waals surface area contributed by atoms with Gasteiger partial charge in [-0.1, -0.05) is 0 Å². The van der Waals surface area contributed by atoms with Gasteiger partial charge in [-0.05, 0) is 48.6 Å². The van der Waals surface area contributed by atoms with E-state index in [0.717, 1.165) is 3.79 Å². The first-order valence-electron chi connectivity index (χ1n) is 5.90. The summed E-state index contributed by atoms with van der Waals surface area (Å²) in [5, 5.41) is 9.77. The van der Waals surface area contributed by atoms with Crippen LogP contribution in [0.4, 0.5) is 0 Å². The minimum absolute atomic E-state index is 0.170. The summed E-state index contributed by atoms with van der Waals surface area (Å²) in [5.74, 6) is 0. The number of rotatable bonds is 4. The largest absolute Gasteiger partial charge is 0.392 e. The average Bonchev–Trinajstić information content (AvgIpc) is 2.85. The summed E-state index contributed by atoms with van der Waals surface area (Å²) in [6.07, 6.45) is -0.0904. The third-order valence-electron chi connectivity index (χ3n) is 3.03. The molecule has 2 rings (SSSR count). The maximum Gasteiger partial charge on any atom is 0.252 e. The second-order valence-corrected chi connectivity index (χ2v) is 9.52. The third kappa shape index (κ3) is 3.37. The Morgan fingerprint density at radius 3 is 2.74 bits per heavy atom. The second kappa shape index (κ2) is 5.79. The molecule has 0 saturated carbocycles. The van der Waals surface area contributed by atoms with Crippen LogP contribution in [0, 0.1) is 0 Å². The lowest BCUT2D eigenvalue weighted by atomic mass is 10.2. The van der Waals surface area contributed by atoms with Crippen LogP contribution in [0.5, 0.6) is 0 Å². The molecule has 19 heavy (non-hydrogen) atoms. The van der Waals surface area contributed by atoms with Gasteiger partial charge in [0.25, 0.3) is 10.0 Å². The third-order valence-corrected chi connectivity index (χ3v) is 7.04. The van der Waals surface area contributed by atoms with Gasteiger partial charge in [-0.3, -0.25) is 0 Å². The van der Waals surface area contributed by atoms with E-state index in [9.17, 15) is 13.5 Å². The number of hydrogen-bond donors (Lipinski definition) is 1. The highest BCUT2D eigenvalue weighted by atomic mass is 79.9. The van der Waals surface area contributed by atoms with Crippen LogP contribution < -0.4 is 0 Å². The Morgan fingerprint density at radius 2 is 2.21 bits per heavy atom. The van der Waals surface area contributed by atoms with Crippen molar-refractivity contribution in [1.82, 2.24) is 9.21 Å². The number of thiophene rings is 1. The number of halogens is 1. The van der Waals surface area contributed by atoms with Crippen molar-refractivity contribution in [3.63, 3.8) is 0 Å². The number of β-amino-alcohol motifs (C(OH)–C–C–N with tert-alkyl or cyclic N) is 1. The van der Waals surface area contributed by atoms with E-state index in [4.69, 9.17) is 0 Å². The topological polar surface area (TPSA) is 60.9 Å². The molecular formula is C11H17BrN2O3S2. The molecule has 1 saturated heterocycles. The zero-order valence-electron chi connectivity index (χ0n) is 10.8. The zero-order chi connectivity index (χ0) is 14.2. The molecule has 2 atom stereocenters. The fourth-order valence-electron chi connectivity index (χ4n) is 2.30. The highest BCUT2D eigenvalue weighted by molar-refractivity contribution is 9.11. The summed E-state index contributed by atoms with van der Waals surface area (Å²) in [4.78, 5) is 1.94. The quantitative estimate of drug-likeness (QED) is 0.867. The molecule has 0 bridgehead atoms. The SMILES string of the molecule is CN(C)CC1CC(O)CN1S(=O)(=O)c1ccc(Br)s1. The van der Waals surface area contributed by atoms with E-state index in [2.05, 4.69) is 15.9 Å². The highest BCUT2D eigenvalue weighted by Crippen LogP contribution is 2.32. The van der Waals surface area contributed by atoms with Crippen LogP contribution in [0.2, 0.25) is 0 Å². The molecule has 0 radical (unpaired) electrons. The molecule has 1 N–H and O–H groups in total. The molecule has 108 valence electrons. The van der Waals surface area contributed by atoms with E-state index >= 15 is 0 Å². The van der Waals surface area contributed by atoms with E-state index in [-0.39, 0.29) is 12.6 Å². The zero-order valence-corrected chi connectivity index (χ0v) is 14.0. The fourth-order valence-corrected chi connectivity index (χ4v) is 6.10. The number of hydrogen-bond acceptors (Lipinski definition) is 5. The molecule has 0 amide bonds. The van der Waals surface area contributed by atoms with E-state index < -0.39 is 16.1 Å². The van der Waals surface area contributed by atoms with E-state index in [1.165, 1.54) is 15.6 Å². The maximum absolute atomic E-state index is 12.6. The van der Waals surface area contributed by atoms with Gasteiger partial charge >= 0.3 is 0 Å². The summed E-state index contributed by atoms with van der Waals surface area (Å²) in [6.45, 7) is 0.791. The Balaban J connectivity index is 2.28. The van der Waals surface area contributed by atoms with E-state index in [1.54, 1.807) is 12.1 Å². The number of likely N-dealkylation sites (N-methyl/N-ethyl adjacent to an activating group) is 1. The second-order valence-electron chi connectivity index (χ2n) is 4.94. The van der Waals surface area contributed by atoms with Crippen LogP contribution in [0.25, 0.3) is 0 Å². The van der Waals surface area contributed by atoms with Crippen molar-refractivity contribution in [1.29, 1.82) is 0 Å². The van der Waals surface area contributed by atoms with E-state index in [0.29, 0.717) is 17.2 Å². The van der Waals surface area contributed by atoms with Crippen LogP contribution in [-0.4, -0.2) is 62.1 Å². The molecule has 5 nitrogen and oxygen atoms in total. The van der Waals surface area contributed by atoms with Gasteiger partial charge in [0.2, 0.25) is 0 Å². The average molecular weight is 369 g/mol. The van der Waals surface area contributed by atoms with Gasteiger partial charge in [0.05, 0.1) is 9.89 Å². The molecule has 0 spiro atoms. The van der Waals surface area contributed by atoms with Crippen molar-refractivity contribution in [2.45, 2.75) is 22.8 Å². The van der Waals surface area contributed by atoms with Crippen molar-refractivity contribution in [3.05, 3.63) is 15.9 Å². The Labute approximate surface area is 126 Å². The first-order valence-corrected chi connectivity index (χ1v) is 8.95. The lowest BCUT2D eigenvalue weighted by Gasteiger charge is -2.25. The number of aliphatic hydroxyl groups excluding tert-OH is 1. The maximum atomic E-state index is 12.6. The smallest absolute Gasteiger partial charge is 0.252 e. The molecule has 1 aromatic heterocycles. The predicted molar refractivity (Wildman–Crippen MR) is 78.9 cm³/mol. The fraction of sp³-hybridized carbons (Fsp3) is 0.636. The summed E-state index contributed by atoms with van der Waals surface area (Å²) >= 11 is 4.47. The first kappa shape index (κ1) is 15.4. The molecule has 1 aliphatic rings. The van der Waals surface area contributed by atoms with Crippen molar-refractivity contribution in [2.24, 2.45) is 0 Å². The molecule has 1 fully saturated rings. The van der Waals surface area contributed by atoms with Crippen LogP contribution >= 0.6 is 27.3 Å². The Kier molecular flexibility index (Phi) is 4.69. The summed E-state index contributed by atoms with van der Waals surface area (Å²) in [6, 6.07) is 3.16. The predicted octanol–water partition coefficient (Wildman–Crippen LogP) is 1.20.